The lowest BCUT2D eigenvalue weighted by atomic mass is 10.1. The number of carbonyl (C=O) groups excluding carboxylic acids is 2. The highest BCUT2D eigenvalue weighted by Gasteiger charge is 2.44. The number of halogens is 5. The van der Waals surface area contributed by atoms with Crippen molar-refractivity contribution in [3.63, 3.8) is 0 Å². The van der Waals surface area contributed by atoms with Gasteiger partial charge in [0.05, 0.1) is 18.5 Å². The summed E-state index contributed by atoms with van der Waals surface area (Å²) < 4.78 is 75.0. The number of alkyl halides is 4. The molecule has 0 radical (unpaired) electrons. The maximum absolute atomic E-state index is 15.1. The van der Waals surface area contributed by atoms with Gasteiger partial charge in [-0.15, -0.1) is 0 Å². The minimum Gasteiger partial charge on any atom is -0.462 e. The van der Waals surface area contributed by atoms with Crippen LogP contribution in [0.15, 0.2) is 17.1 Å². The summed E-state index contributed by atoms with van der Waals surface area (Å²) in [6, 6.07) is 0.882. The molecule has 0 bridgehead atoms. The fraction of sp³-hybridized carbons (Fsp3) is 0.565. The van der Waals surface area contributed by atoms with Gasteiger partial charge >= 0.3 is 18.1 Å². The Hall–Kier alpha value is -3.25. The van der Waals surface area contributed by atoms with Gasteiger partial charge in [-0.3, -0.25) is 9.59 Å². The predicted molar refractivity (Wildman–Crippen MR) is 119 cm³/mol. The van der Waals surface area contributed by atoms with Crippen molar-refractivity contribution < 1.29 is 36.3 Å². The van der Waals surface area contributed by atoms with E-state index in [1.807, 2.05) is 0 Å². The van der Waals surface area contributed by atoms with E-state index in [1.54, 1.807) is 11.5 Å². The molecule has 2 atom stereocenters. The molecule has 3 heterocycles. The Morgan fingerprint density at radius 2 is 1.92 bits per heavy atom. The van der Waals surface area contributed by atoms with E-state index in [0.717, 1.165) is 18.9 Å². The van der Waals surface area contributed by atoms with E-state index in [9.17, 15) is 31.9 Å². The Morgan fingerprint density at radius 1 is 1.22 bits per heavy atom. The molecule has 2 aliphatic rings. The second kappa shape index (κ2) is 9.66. The molecule has 8 nitrogen and oxygen atoms in total. The number of aromatic nitrogens is 2. The van der Waals surface area contributed by atoms with Crippen molar-refractivity contribution in [2.45, 2.75) is 45.1 Å². The van der Waals surface area contributed by atoms with Gasteiger partial charge in [0.2, 0.25) is 5.43 Å². The average molecular weight is 516 g/mol. The molecule has 0 unspecified atom stereocenters. The van der Waals surface area contributed by atoms with Crippen LogP contribution >= 0.6 is 0 Å². The van der Waals surface area contributed by atoms with Gasteiger partial charge in [0.25, 0.3) is 0 Å². The summed E-state index contributed by atoms with van der Waals surface area (Å²) in [6.45, 7) is 1.73. The van der Waals surface area contributed by atoms with E-state index in [2.05, 4.69) is 4.98 Å². The van der Waals surface area contributed by atoms with E-state index in [4.69, 9.17) is 4.74 Å². The first-order valence-electron chi connectivity index (χ1n) is 11.6. The molecule has 13 heteroatoms. The fourth-order valence-electron chi connectivity index (χ4n) is 4.44. The molecule has 2 aromatic heterocycles. The van der Waals surface area contributed by atoms with Gasteiger partial charge in [-0.05, 0) is 32.8 Å². The number of pyridine rings is 2. The lowest BCUT2D eigenvalue weighted by Gasteiger charge is -2.26. The molecule has 1 saturated heterocycles. The molecule has 0 aromatic carbocycles. The van der Waals surface area contributed by atoms with Gasteiger partial charge in [-0.1, -0.05) is 0 Å². The third kappa shape index (κ3) is 4.87. The SMILES string of the molecule is CCOC(=O)c1cn(C2CC2)c2nc(N3C[C@@H](CN(CC)C(=O)C(F)(F)F)[C@@H](F)C3)c(F)cc2c1=O. The van der Waals surface area contributed by atoms with E-state index >= 15 is 4.39 Å². The largest absolute Gasteiger partial charge is 0.471 e. The highest BCUT2D eigenvalue weighted by molar-refractivity contribution is 5.93. The van der Waals surface area contributed by atoms with E-state index in [1.165, 1.54) is 18.0 Å². The summed E-state index contributed by atoms with van der Waals surface area (Å²) in [4.78, 5) is 42.9. The lowest BCUT2D eigenvalue weighted by Crippen LogP contribution is -2.44. The lowest BCUT2D eigenvalue weighted by molar-refractivity contribution is -0.186. The minimum absolute atomic E-state index is 0.0514. The number of ether oxygens (including phenoxy) is 1. The zero-order valence-corrected chi connectivity index (χ0v) is 19.6. The van der Waals surface area contributed by atoms with Crippen molar-refractivity contribution in [2.24, 2.45) is 5.92 Å². The van der Waals surface area contributed by atoms with Gasteiger partial charge in [0.1, 0.15) is 17.4 Å². The quantitative estimate of drug-likeness (QED) is 0.415. The van der Waals surface area contributed by atoms with Gasteiger partial charge in [0, 0.05) is 37.8 Å². The van der Waals surface area contributed by atoms with Crippen LogP contribution in [0.4, 0.5) is 27.8 Å². The number of esters is 1. The number of nitrogens with zero attached hydrogens (tertiary/aromatic N) is 4. The summed E-state index contributed by atoms with van der Waals surface area (Å²) in [5, 5.41) is -0.130. The fourth-order valence-corrected chi connectivity index (χ4v) is 4.44. The van der Waals surface area contributed by atoms with Gasteiger partial charge in [-0.2, -0.15) is 13.2 Å². The zero-order valence-electron chi connectivity index (χ0n) is 19.6. The first-order chi connectivity index (χ1) is 17.0. The van der Waals surface area contributed by atoms with E-state index < -0.39 is 47.9 Å². The van der Waals surface area contributed by atoms with Gasteiger partial charge in [0.15, 0.2) is 11.6 Å². The monoisotopic (exact) mass is 516 g/mol. The molecule has 1 aliphatic heterocycles. The van der Waals surface area contributed by atoms with Gasteiger partial charge < -0.3 is 19.1 Å². The maximum Gasteiger partial charge on any atom is 0.471 e. The third-order valence-corrected chi connectivity index (χ3v) is 6.40. The van der Waals surface area contributed by atoms with Crippen molar-refractivity contribution in [2.75, 3.05) is 37.7 Å². The number of fused-ring (bicyclic) bond motifs is 1. The molecule has 1 saturated carbocycles. The number of hydrogen-bond acceptors (Lipinski definition) is 6. The summed E-state index contributed by atoms with van der Waals surface area (Å²) in [6.07, 6.45) is -3.86. The van der Waals surface area contributed by atoms with Crippen LogP contribution in [0.1, 0.15) is 43.1 Å². The molecule has 2 fully saturated rings. The van der Waals surface area contributed by atoms with E-state index in [-0.39, 0.29) is 54.7 Å². The highest BCUT2D eigenvalue weighted by atomic mass is 19.4. The Bertz CT molecular complexity index is 1240. The first kappa shape index (κ1) is 25.8. The van der Waals surface area contributed by atoms with Crippen LogP contribution < -0.4 is 10.3 Å². The molecule has 1 amide bonds. The van der Waals surface area contributed by atoms with Crippen molar-refractivity contribution >= 4 is 28.7 Å². The van der Waals surface area contributed by atoms with Crippen LogP contribution in [-0.4, -0.2) is 71.5 Å². The molecular weight excluding hydrogens is 491 g/mol. The second-order valence-corrected chi connectivity index (χ2v) is 8.92. The highest BCUT2D eigenvalue weighted by Crippen LogP contribution is 2.38. The van der Waals surface area contributed by atoms with Crippen molar-refractivity contribution in [1.82, 2.24) is 14.5 Å². The average Bonchev–Trinajstić information content (AvgIpc) is 3.59. The molecule has 0 spiro atoms. The normalized spacial score (nSPS) is 20.1. The molecule has 36 heavy (non-hydrogen) atoms. The molecular formula is C23H25F5N4O4. The second-order valence-electron chi connectivity index (χ2n) is 8.92. The van der Waals surface area contributed by atoms with Crippen molar-refractivity contribution in [1.29, 1.82) is 0 Å². The molecule has 4 rings (SSSR count). The van der Waals surface area contributed by atoms with Crippen LogP contribution in [0.5, 0.6) is 0 Å². The topological polar surface area (TPSA) is 84.7 Å². The summed E-state index contributed by atoms with van der Waals surface area (Å²) >= 11 is 0. The third-order valence-electron chi connectivity index (χ3n) is 6.40. The van der Waals surface area contributed by atoms with Gasteiger partial charge in [-0.25, -0.2) is 18.6 Å². The number of amides is 1. The Morgan fingerprint density at radius 3 is 2.50 bits per heavy atom. The van der Waals surface area contributed by atoms with Crippen LogP contribution in [0, 0.1) is 11.7 Å². The Kier molecular flexibility index (Phi) is 6.93. The minimum atomic E-state index is -5.08. The summed E-state index contributed by atoms with van der Waals surface area (Å²) in [5.74, 6) is -5.08. The Labute approximate surface area is 202 Å². The maximum atomic E-state index is 15.1. The van der Waals surface area contributed by atoms with Crippen LogP contribution in [0.25, 0.3) is 11.0 Å². The molecule has 2 aromatic rings. The van der Waals surface area contributed by atoms with Crippen molar-refractivity contribution in [3.8, 4) is 0 Å². The smallest absolute Gasteiger partial charge is 0.462 e. The van der Waals surface area contributed by atoms with Crippen LogP contribution in [0.3, 0.4) is 0 Å². The summed E-state index contributed by atoms with van der Waals surface area (Å²) in [5.41, 5.74) is -0.872. The van der Waals surface area contributed by atoms with Crippen LogP contribution in [0.2, 0.25) is 0 Å². The van der Waals surface area contributed by atoms with E-state index in [0.29, 0.717) is 4.90 Å². The van der Waals surface area contributed by atoms with Crippen LogP contribution in [-0.2, 0) is 9.53 Å². The number of hydrogen-bond donors (Lipinski definition) is 0. The van der Waals surface area contributed by atoms with Crippen molar-refractivity contribution in [3.05, 3.63) is 33.9 Å². The molecule has 196 valence electrons. The standard InChI is InChI=1S/C23H25F5N4O4/c1-3-30(22(35)23(26,27)28)8-12-9-31(11-17(12)25)20-16(24)7-14-18(33)15(21(34)36-4-2)10-32(13-5-6-13)19(14)29-20/h7,10,12-13,17H,3-6,8-9,11H2,1-2H3/t12-,17+/m1/s1. The first-order valence-corrected chi connectivity index (χ1v) is 11.6. The Balaban J connectivity index is 1.67. The number of rotatable bonds is 7. The molecule has 0 N–H and O–H groups in total. The number of carbonyl (C=O) groups is 2. The predicted octanol–water partition coefficient (Wildman–Crippen LogP) is 3.23. The number of anilines is 1. The molecule has 1 aliphatic carbocycles. The zero-order chi connectivity index (χ0) is 26.4. The summed E-state index contributed by atoms with van der Waals surface area (Å²) in [7, 11) is 0.